The molecule has 4 saturated carbocycles. The summed E-state index contributed by atoms with van der Waals surface area (Å²) < 4.78 is 73.4. The van der Waals surface area contributed by atoms with Crippen LogP contribution in [0.4, 0.5) is 17.6 Å². The number of aromatic hydroxyl groups is 2. The number of nitrogens with zero attached hydrogens (tertiary/aromatic N) is 7. The van der Waals surface area contributed by atoms with Gasteiger partial charge in [-0.2, -0.15) is 0 Å². The van der Waals surface area contributed by atoms with Crippen molar-refractivity contribution in [2.75, 3.05) is 21.3 Å². The summed E-state index contributed by atoms with van der Waals surface area (Å²) >= 11 is 0. The summed E-state index contributed by atoms with van der Waals surface area (Å²) in [6.07, 6.45) is 18.0. The number of nitrogens with one attached hydrogen (secondary N) is 4. The summed E-state index contributed by atoms with van der Waals surface area (Å²) in [6.45, 7) is 7.60. The van der Waals surface area contributed by atoms with Crippen LogP contribution in [0, 0.1) is 41.0 Å². The fourth-order valence-corrected chi connectivity index (χ4v) is 20.2. The summed E-state index contributed by atoms with van der Waals surface area (Å²) in [6, 6.07) is 21.7. The van der Waals surface area contributed by atoms with Crippen LogP contribution in [0.15, 0.2) is 141 Å². The first kappa shape index (κ1) is 116. The van der Waals surface area contributed by atoms with E-state index in [0.29, 0.717) is 59.6 Å². The minimum Gasteiger partial charge on any atom is -1.00 e. The summed E-state index contributed by atoms with van der Waals surface area (Å²) in [5, 5.41) is 67.8. The van der Waals surface area contributed by atoms with E-state index >= 15 is 0 Å². The fraction of sp³-hybridized carbons (Fsp3) is 0.442. The van der Waals surface area contributed by atoms with Gasteiger partial charge in [0.15, 0.2) is 52.1 Å². The normalized spacial score (nSPS) is 21.5. The number of carbonyl (C=O) groups is 9. The van der Waals surface area contributed by atoms with Crippen LogP contribution in [0.25, 0.3) is 0 Å². The molecule has 4 aromatic heterocycles. The Labute approximate surface area is 919 Å². The van der Waals surface area contributed by atoms with Crippen molar-refractivity contribution in [3.05, 3.63) is 253 Å². The molecule has 10 aliphatic rings. The number of aromatic nitrogens is 4. The van der Waals surface area contributed by atoms with Crippen molar-refractivity contribution in [2.45, 2.75) is 229 Å². The number of nitrogens with two attached hydrogens (primary N) is 1. The van der Waals surface area contributed by atoms with E-state index in [1.165, 1.54) is 86.4 Å². The topological polar surface area (TPSA) is 487 Å². The monoisotopic (exact) mass is 2120 g/mol. The van der Waals surface area contributed by atoms with E-state index in [1.54, 1.807) is 77.8 Å². The summed E-state index contributed by atoms with van der Waals surface area (Å²) in [5.74, 6) is -6.06. The zero-order chi connectivity index (χ0) is 96.7. The molecule has 44 heteroatoms. The minimum absolute atomic E-state index is 0. The molecule has 3 saturated heterocycles. The van der Waals surface area contributed by atoms with Gasteiger partial charge in [-0.15, -0.1) is 0 Å². The number of ether oxygens (including phenoxy) is 3. The molecule has 18 rings (SSSR count). The Kier molecular flexibility index (Phi) is 42.7. The maximum Gasteiger partial charge on any atom is 2.00 e. The van der Waals surface area contributed by atoms with Crippen molar-refractivity contribution in [3.8, 4) is 23.0 Å². The molecule has 7 amide bonds. The van der Waals surface area contributed by atoms with Gasteiger partial charge in [-0.3, -0.25) is 57.5 Å². The Balaban J connectivity index is 0.000000241. The second-order valence-corrected chi connectivity index (χ2v) is 35.4. The largest absolute Gasteiger partial charge is 2.00 e. The number of aliphatic hydroxyl groups is 3. The number of aliphatic hydroxyl groups excluding tert-OH is 2. The molecule has 10 heterocycles. The number of halogens is 6. The van der Waals surface area contributed by atoms with Crippen LogP contribution in [-0.2, 0) is 40.6 Å². The molecule has 35 nitrogen and oxygen atoms in total. The third-order valence-electron chi connectivity index (χ3n) is 26.7. The van der Waals surface area contributed by atoms with E-state index in [2.05, 4.69) is 30.9 Å². The number of rotatable bonds is 18. The van der Waals surface area contributed by atoms with Gasteiger partial charge in [-0.05, 0) is 213 Å². The molecule has 139 heavy (non-hydrogen) atoms. The van der Waals surface area contributed by atoms with Gasteiger partial charge in [-0.25, -0.2) is 22.4 Å². The molecule has 0 radical (unpaired) electrons. The standard InChI is InChI=1S/C24H26FN3O4.2C23H24FN3O4.C19H21FN2O7.C5H11NO.CH2O3.2BrH.2K.Mg.H/c1-13(15-4-6-16(25)7-5-15)26-23(30)19-12-27-11-18-10-14-3-8-17(9-14)28(18)24(31)20(27)22(32-2)21(19)29;2*1-12(14-3-5-15(24)6-4-14)25-22(30)18-11-26-10-17-9-13-2-7-16(8-13)27(17)23(31)19(26)21(29)20(18)28;1-10(11-4-6-12(20)7-5-11)21-18(26)13-8-22(9-14(23)24)15(19(27)29-3)17(28-2)16(13)25;6-4-1-2-5(7)3-4;2-1-4-3;;;;;;/h4-7,12-14,17-18H,3,8-11H2,1-2H3,(H,26,30);2*3-6,11-13,16-17,29H,2,7-10H2,1H3,(H,25,30);4-8,10,14,23-24H,9H2,1-3H3,(H,21,26);4-5,7H,1-3,6H2;1,3H;2*1H;;;;/q;;;;;;;;2*+1;+2;-1/p-3/t13-,14+,17-,18+;2*12-,13+,16-,17+;10-;4-,5+;;;;;;;/m00000......./s1. The average molecular weight is 2120 g/mol. The van der Waals surface area contributed by atoms with Crippen molar-refractivity contribution in [3.63, 3.8) is 0 Å². The predicted octanol–water partition coefficient (Wildman–Crippen LogP) is -5.33. The molecule has 11 N–H and O–H groups in total. The summed E-state index contributed by atoms with van der Waals surface area (Å²) in [5.41, 5.74) is 3.87. The van der Waals surface area contributed by atoms with E-state index in [0.717, 1.165) is 121 Å². The molecule has 732 valence electrons. The molecule has 7 fully saturated rings. The number of esters is 1. The SMILES string of the molecule is COC(=O)c1c(OC)c(=O)c(C(=O)N[C@@H](C)c2ccc(F)cc2)cn1CC(O)O.COc1c2n(cc(C(=O)N[C@@H](C)c3ccc(F)cc3)c1=O)C[C@H]1C[C@@H]3CC[C@@H](C3)N1C2=O.C[C@H](NC(=O)c1cn2c(c(O)c1=O)C(=O)N1[C@H](C[C@@H]3CC[C@H]1C3)C2)c1ccc(F)cc1.C[C@H](NC(=O)c1cn2c(c(O)c1=O)C(=O)N1[C@H](C[C@@H]3CC[C@H]1C3)C2)c1ccc(F)cc1.N[C@H]1CC[C@@H](O)C1.O=CO[O-].[Br-].[Br-].[H-].[K+].[K+].[Mg+2]. The van der Waals surface area contributed by atoms with E-state index < -0.39 is 111 Å². The first-order valence-corrected chi connectivity index (χ1v) is 44.3. The van der Waals surface area contributed by atoms with Crippen molar-refractivity contribution in [2.24, 2.45) is 23.5 Å². The van der Waals surface area contributed by atoms with Gasteiger partial charge in [0.05, 0.1) is 76.3 Å². The Morgan fingerprint density at radius 1 is 0.453 bits per heavy atom. The van der Waals surface area contributed by atoms with Crippen LogP contribution in [0.5, 0.6) is 23.0 Å². The van der Waals surface area contributed by atoms with E-state index in [1.807, 2.05) is 14.7 Å². The minimum atomic E-state index is -1.88. The van der Waals surface area contributed by atoms with Gasteiger partial charge < -0.3 is 145 Å². The van der Waals surface area contributed by atoms with Gasteiger partial charge in [0, 0.05) is 68.6 Å². The predicted molar refractivity (Wildman–Crippen MR) is 477 cm³/mol. The average Bonchev–Trinajstić information content (AvgIpc) is 1.40. The van der Waals surface area contributed by atoms with Gasteiger partial charge in [-0.1, -0.05) is 48.5 Å². The van der Waals surface area contributed by atoms with Crippen LogP contribution < -0.4 is 200 Å². The number of hydrogen-bond donors (Lipinski definition) is 10. The van der Waals surface area contributed by atoms with Crippen LogP contribution in [0.2, 0.25) is 0 Å². The van der Waals surface area contributed by atoms with E-state index in [4.69, 9.17) is 30.4 Å². The number of benzene rings is 4. The fourth-order valence-electron chi connectivity index (χ4n) is 20.2. The van der Waals surface area contributed by atoms with Crippen LogP contribution in [-0.4, -0.2) is 211 Å². The molecule has 6 aliphatic heterocycles. The molecule has 8 aromatic rings. The first-order valence-electron chi connectivity index (χ1n) is 44.3. The number of methoxy groups -OCH3 is 3. The smallest absolute Gasteiger partial charge is 1.00 e. The maximum absolute atomic E-state index is 13.4. The summed E-state index contributed by atoms with van der Waals surface area (Å²) in [7, 11) is 3.56. The zero-order valence-electron chi connectivity index (χ0n) is 79.1. The van der Waals surface area contributed by atoms with E-state index in [9.17, 15) is 95.5 Å². The molecule has 6 bridgehead atoms. The van der Waals surface area contributed by atoms with Crippen molar-refractivity contribution < 1.29 is 249 Å². The Morgan fingerprint density at radius 3 is 1.01 bits per heavy atom. The third-order valence-corrected chi connectivity index (χ3v) is 26.7. The summed E-state index contributed by atoms with van der Waals surface area (Å²) in [4.78, 5) is 171. The third kappa shape index (κ3) is 26.4. The van der Waals surface area contributed by atoms with Crippen molar-refractivity contribution >= 4 is 76.8 Å². The molecular formula is C95H108Br2F4K2MgN12O23. The molecule has 4 aliphatic carbocycles. The quantitative estimate of drug-likeness (QED) is 0.00729. The zero-order valence-corrected chi connectivity index (χ0v) is 88.9. The second kappa shape index (κ2) is 51.2. The molecule has 0 spiro atoms. The number of piperidine rings is 3. The molecule has 15 atom stereocenters. The van der Waals surface area contributed by atoms with Crippen LogP contribution in [0.3, 0.4) is 0 Å². The van der Waals surface area contributed by atoms with Crippen LogP contribution in [0.1, 0.15) is 255 Å². The van der Waals surface area contributed by atoms with Gasteiger partial charge >= 0.3 is 132 Å². The van der Waals surface area contributed by atoms with Crippen molar-refractivity contribution in [1.82, 2.24) is 54.2 Å². The van der Waals surface area contributed by atoms with Crippen molar-refractivity contribution in [1.29, 1.82) is 0 Å². The number of pyridine rings is 4. The molecular weight excluding hydrogens is 2020 g/mol. The van der Waals surface area contributed by atoms with E-state index in [-0.39, 0.29) is 302 Å². The number of hydrogen-bond acceptors (Lipinski definition) is 24. The van der Waals surface area contributed by atoms with Crippen LogP contribution >= 0.6 is 0 Å². The number of amides is 7. The molecule has 4 aromatic carbocycles. The number of fused-ring (bicyclic) bond motifs is 15. The van der Waals surface area contributed by atoms with Gasteiger partial charge in [0.2, 0.25) is 21.7 Å². The second-order valence-electron chi connectivity index (χ2n) is 35.4. The Hall–Kier alpha value is -8.37. The first-order chi connectivity index (χ1) is 63.9. The van der Waals surface area contributed by atoms with Gasteiger partial charge in [0.25, 0.3) is 47.8 Å². The maximum atomic E-state index is 13.4. The Bertz CT molecular complexity index is 5880. The van der Waals surface area contributed by atoms with Gasteiger partial charge in [0.1, 0.15) is 45.5 Å². The molecule has 0 unspecified atom stereocenters. The number of carbonyl (C=O) groups excluding carboxylic acids is 9. The Morgan fingerprint density at radius 2 is 0.741 bits per heavy atom.